The van der Waals surface area contributed by atoms with Crippen molar-refractivity contribution < 1.29 is 13.9 Å². The van der Waals surface area contributed by atoms with Crippen LogP contribution in [0.2, 0.25) is 0 Å². The molecule has 1 amide bonds. The Balaban J connectivity index is 1.57. The van der Waals surface area contributed by atoms with Crippen molar-refractivity contribution in [2.24, 2.45) is 0 Å². The largest absolute Gasteiger partial charge is 0.487 e. The van der Waals surface area contributed by atoms with Crippen LogP contribution < -0.4 is 10.1 Å². The van der Waals surface area contributed by atoms with Gasteiger partial charge in [0.25, 0.3) is 5.91 Å². The highest BCUT2D eigenvalue weighted by Gasteiger charge is 2.13. The highest BCUT2D eigenvalue weighted by molar-refractivity contribution is 7.09. The summed E-state index contributed by atoms with van der Waals surface area (Å²) in [5, 5.41) is 5.59. The molecule has 1 atom stereocenters. The highest BCUT2D eigenvalue weighted by atomic mass is 32.1. The lowest BCUT2D eigenvalue weighted by atomic mass is 10.2. The van der Waals surface area contributed by atoms with Crippen molar-refractivity contribution in [1.82, 2.24) is 15.3 Å². The second-order valence-corrected chi connectivity index (χ2v) is 6.28. The van der Waals surface area contributed by atoms with E-state index in [1.54, 1.807) is 30.5 Å². The summed E-state index contributed by atoms with van der Waals surface area (Å²) in [5.41, 5.74) is 1.10. The van der Waals surface area contributed by atoms with E-state index in [-0.39, 0.29) is 24.4 Å². The number of benzene rings is 1. The lowest BCUT2D eigenvalue weighted by Gasteiger charge is -2.11. The summed E-state index contributed by atoms with van der Waals surface area (Å²) < 4.78 is 18.6. The second kappa shape index (κ2) is 7.85. The first-order chi connectivity index (χ1) is 12.1. The summed E-state index contributed by atoms with van der Waals surface area (Å²) in [6.45, 7) is 2.08. The molecule has 1 aromatic carbocycles. The van der Waals surface area contributed by atoms with E-state index in [0.717, 1.165) is 5.01 Å². The van der Waals surface area contributed by atoms with E-state index in [1.807, 2.05) is 12.3 Å². The van der Waals surface area contributed by atoms with Gasteiger partial charge in [0.05, 0.1) is 17.3 Å². The van der Waals surface area contributed by atoms with Gasteiger partial charge in [-0.1, -0.05) is 6.07 Å². The quantitative estimate of drug-likeness (QED) is 0.730. The predicted octanol–water partition coefficient (Wildman–Crippen LogP) is 3.75. The molecule has 3 aromatic rings. The number of nitrogens with one attached hydrogen (secondary N) is 1. The van der Waals surface area contributed by atoms with Gasteiger partial charge in [0.1, 0.15) is 23.2 Å². The molecule has 0 saturated heterocycles. The number of hydrogen-bond donors (Lipinski definition) is 1. The minimum atomic E-state index is -0.355. The standard InChI is InChI=1S/C18H16FN3O2S/c1-12(18-20-7-8-25-18)22-17(23)13-5-6-15(21-10-13)11-24-16-4-2-3-14(19)9-16/h2-10,12H,11H2,1H3,(H,22,23). The monoisotopic (exact) mass is 357 g/mol. The number of nitrogens with zero attached hydrogens (tertiary/aromatic N) is 2. The number of amides is 1. The third kappa shape index (κ3) is 4.60. The SMILES string of the molecule is CC(NC(=O)c1ccc(COc2cccc(F)c2)nc1)c1nccs1. The van der Waals surface area contributed by atoms with E-state index in [1.165, 1.54) is 29.7 Å². The topological polar surface area (TPSA) is 64.1 Å². The minimum Gasteiger partial charge on any atom is -0.487 e. The number of carbonyl (C=O) groups excluding carboxylic acids is 1. The first-order valence-corrected chi connectivity index (χ1v) is 8.53. The van der Waals surface area contributed by atoms with E-state index in [4.69, 9.17) is 4.74 Å². The number of pyridine rings is 1. The lowest BCUT2D eigenvalue weighted by molar-refractivity contribution is 0.0939. The van der Waals surface area contributed by atoms with Crippen LogP contribution in [0.4, 0.5) is 4.39 Å². The Hall–Kier alpha value is -2.80. The molecule has 2 aromatic heterocycles. The fraction of sp³-hybridized carbons (Fsp3) is 0.167. The molecule has 1 N–H and O–H groups in total. The van der Waals surface area contributed by atoms with Crippen LogP contribution in [0.15, 0.2) is 54.2 Å². The van der Waals surface area contributed by atoms with Gasteiger partial charge in [-0.3, -0.25) is 9.78 Å². The maximum absolute atomic E-state index is 13.1. The first-order valence-electron chi connectivity index (χ1n) is 7.65. The number of ether oxygens (including phenoxy) is 1. The second-order valence-electron chi connectivity index (χ2n) is 5.35. The number of aromatic nitrogens is 2. The van der Waals surface area contributed by atoms with Crippen molar-refractivity contribution in [3.63, 3.8) is 0 Å². The average Bonchev–Trinajstić information content (AvgIpc) is 3.15. The molecule has 0 aliphatic carbocycles. The molecule has 0 aliphatic heterocycles. The van der Waals surface area contributed by atoms with Gasteiger partial charge in [-0.05, 0) is 31.2 Å². The summed E-state index contributed by atoms with van der Waals surface area (Å²) in [4.78, 5) is 20.6. The van der Waals surface area contributed by atoms with E-state index in [2.05, 4.69) is 15.3 Å². The molecule has 0 spiro atoms. The maximum Gasteiger partial charge on any atom is 0.253 e. The molecule has 0 aliphatic rings. The smallest absolute Gasteiger partial charge is 0.253 e. The van der Waals surface area contributed by atoms with Crippen molar-refractivity contribution >= 4 is 17.2 Å². The van der Waals surface area contributed by atoms with Gasteiger partial charge in [-0.25, -0.2) is 9.37 Å². The fourth-order valence-corrected chi connectivity index (χ4v) is 2.79. The van der Waals surface area contributed by atoms with Gasteiger partial charge in [0, 0.05) is 23.8 Å². The zero-order valence-corrected chi connectivity index (χ0v) is 14.3. The van der Waals surface area contributed by atoms with E-state index < -0.39 is 0 Å². The maximum atomic E-state index is 13.1. The van der Waals surface area contributed by atoms with Gasteiger partial charge >= 0.3 is 0 Å². The third-order valence-corrected chi connectivity index (χ3v) is 4.40. The van der Waals surface area contributed by atoms with Crippen molar-refractivity contribution in [3.05, 3.63) is 76.3 Å². The number of carbonyl (C=O) groups is 1. The number of halogens is 1. The normalized spacial score (nSPS) is 11.8. The molecule has 0 radical (unpaired) electrons. The molecule has 5 nitrogen and oxygen atoms in total. The molecule has 0 fully saturated rings. The van der Waals surface area contributed by atoms with Crippen molar-refractivity contribution in [2.45, 2.75) is 19.6 Å². The highest BCUT2D eigenvalue weighted by Crippen LogP contribution is 2.16. The van der Waals surface area contributed by atoms with Crippen LogP contribution in [0.3, 0.4) is 0 Å². The van der Waals surface area contributed by atoms with Gasteiger partial charge in [0.15, 0.2) is 0 Å². The van der Waals surface area contributed by atoms with Crippen LogP contribution in [0.5, 0.6) is 5.75 Å². The molecular formula is C18H16FN3O2S. The predicted molar refractivity (Wildman–Crippen MR) is 93.0 cm³/mol. The van der Waals surface area contributed by atoms with Gasteiger partial charge < -0.3 is 10.1 Å². The summed E-state index contributed by atoms with van der Waals surface area (Å²) in [6, 6.07) is 9.14. The lowest BCUT2D eigenvalue weighted by Crippen LogP contribution is -2.26. The van der Waals surface area contributed by atoms with Crippen LogP contribution in [0, 0.1) is 5.82 Å². The molecule has 128 valence electrons. The average molecular weight is 357 g/mol. The van der Waals surface area contributed by atoms with E-state index >= 15 is 0 Å². The minimum absolute atomic E-state index is 0.163. The Bertz CT molecular complexity index is 838. The molecule has 2 heterocycles. The fourth-order valence-electron chi connectivity index (χ4n) is 2.15. The molecule has 25 heavy (non-hydrogen) atoms. The third-order valence-electron chi connectivity index (χ3n) is 3.44. The Kier molecular flexibility index (Phi) is 5.35. The molecule has 0 saturated carbocycles. The van der Waals surface area contributed by atoms with Gasteiger partial charge in [-0.15, -0.1) is 11.3 Å². The van der Waals surface area contributed by atoms with Crippen molar-refractivity contribution in [2.75, 3.05) is 0 Å². The van der Waals surface area contributed by atoms with Crippen molar-refractivity contribution in [1.29, 1.82) is 0 Å². The van der Waals surface area contributed by atoms with E-state index in [9.17, 15) is 9.18 Å². The summed E-state index contributed by atoms with van der Waals surface area (Å²) >= 11 is 1.49. The van der Waals surface area contributed by atoms with Crippen LogP contribution in [0.1, 0.15) is 34.0 Å². The summed E-state index contributed by atoms with van der Waals surface area (Å²) in [5.74, 6) is -0.138. The van der Waals surface area contributed by atoms with Gasteiger partial charge in [-0.2, -0.15) is 0 Å². The zero-order chi connectivity index (χ0) is 17.6. The molecule has 0 bridgehead atoms. The van der Waals surface area contributed by atoms with Crippen LogP contribution >= 0.6 is 11.3 Å². The van der Waals surface area contributed by atoms with Crippen LogP contribution in [0.25, 0.3) is 0 Å². The Morgan fingerprint density at radius 3 is 2.88 bits per heavy atom. The van der Waals surface area contributed by atoms with Crippen LogP contribution in [-0.4, -0.2) is 15.9 Å². The summed E-state index contributed by atoms with van der Waals surface area (Å²) in [6.07, 6.45) is 3.20. The van der Waals surface area contributed by atoms with Crippen LogP contribution in [-0.2, 0) is 6.61 Å². The molecule has 3 rings (SSSR count). The van der Waals surface area contributed by atoms with E-state index in [0.29, 0.717) is 17.0 Å². The molecular weight excluding hydrogens is 341 g/mol. The Morgan fingerprint density at radius 1 is 1.32 bits per heavy atom. The number of thiazole rings is 1. The summed E-state index contributed by atoms with van der Waals surface area (Å²) in [7, 11) is 0. The molecule has 1 unspecified atom stereocenters. The Morgan fingerprint density at radius 2 is 2.20 bits per heavy atom. The first kappa shape index (κ1) is 17.0. The molecule has 7 heteroatoms. The Labute approximate surface area is 148 Å². The van der Waals surface area contributed by atoms with Crippen molar-refractivity contribution in [3.8, 4) is 5.75 Å². The zero-order valence-electron chi connectivity index (χ0n) is 13.5. The number of rotatable bonds is 6. The number of hydrogen-bond acceptors (Lipinski definition) is 5. The van der Waals surface area contributed by atoms with Gasteiger partial charge in [0.2, 0.25) is 0 Å².